The van der Waals surface area contributed by atoms with Gasteiger partial charge in [-0.1, -0.05) is 227 Å². The molecule has 21 nitrogen and oxygen atoms in total. The molecular weight excluding hydrogens is 1960 g/mol. The Morgan fingerprint density at radius 1 is 0.462 bits per heavy atom. The van der Waals surface area contributed by atoms with Crippen molar-refractivity contribution in [3.8, 4) is 5.75 Å². The number of nitrogens with one attached hydrogen (secondary N) is 7. The Balaban J connectivity index is 0.000000114. The van der Waals surface area contributed by atoms with Crippen LogP contribution >= 0.6 is 73.9 Å². The van der Waals surface area contributed by atoms with Crippen molar-refractivity contribution in [2.24, 2.45) is 5.92 Å². The number of H-pyrrole nitrogens is 5. The molecule has 734 valence electrons. The molecule has 143 heavy (non-hydrogen) atoms. The van der Waals surface area contributed by atoms with Crippen LogP contribution in [0.4, 0.5) is 14.4 Å². The van der Waals surface area contributed by atoms with Crippen molar-refractivity contribution in [1.29, 1.82) is 0 Å². The lowest BCUT2D eigenvalue weighted by Crippen LogP contribution is -2.53. The number of hydrogen-bond acceptors (Lipinski definition) is 12. The number of para-hydroxylation sites is 2. The van der Waals surface area contributed by atoms with E-state index in [0.717, 1.165) is 155 Å². The molecule has 11 heterocycles. The second-order valence-corrected chi connectivity index (χ2v) is 41.2. The molecule has 6 atom stereocenters. The van der Waals surface area contributed by atoms with E-state index in [1.807, 2.05) is 193 Å². The Morgan fingerprint density at radius 2 is 0.923 bits per heavy atom. The van der Waals surface area contributed by atoms with Crippen molar-refractivity contribution in [3.63, 3.8) is 0 Å². The summed E-state index contributed by atoms with van der Waals surface area (Å²) in [5, 5.41) is 16.1. The SMILES string of the molecule is CC(C)(C)OC(=O)N[C@@H](Cc1ccccc1)C(=O)N1CCc2c([nH]c3ccc(Cl)cc23)C1c1ccccc1.CCOC(=O)N1CCc2c([nH]c3ccc(Br)cc23)C1c1cc(Cl)cc(Cl)c1.CCOC(=O)N1CCc2c([nH]c3ccccc23)C1c1ccc(OC)cc1.Clc1ccc2[nH]c3c(c2c1)CCN(Cc1ccccc1)C3C1CCCCC1.O=c1c(C2NCCc3c2[nH]c2ccc(Cl)cc32)coc2ccccc12. The van der Waals surface area contributed by atoms with Gasteiger partial charge in [0.15, 0.2) is 5.43 Å². The Bertz CT molecular complexity index is 7540. The highest BCUT2D eigenvalue weighted by molar-refractivity contribution is 9.10. The van der Waals surface area contributed by atoms with Crippen LogP contribution in [0.3, 0.4) is 0 Å². The maximum atomic E-state index is 14.3. The number of alkyl carbamates (subject to hydrolysis) is 1. The number of aromatic amines is 5. The normalized spacial score (nSPS) is 17.4. The third-order valence-corrected chi connectivity index (χ3v) is 29.6. The van der Waals surface area contributed by atoms with Crippen LogP contribution in [0, 0.1) is 5.92 Å². The highest BCUT2D eigenvalue weighted by Crippen LogP contribution is 2.48. The molecular formula is C116H113BrCl5N11O10. The highest BCUT2D eigenvalue weighted by atomic mass is 79.9. The zero-order valence-electron chi connectivity index (χ0n) is 80.4. The molecule has 5 aliphatic heterocycles. The summed E-state index contributed by atoms with van der Waals surface area (Å²) < 4.78 is 28.1. The summed E-state index contributed by atoms with van der Waals surface area (Å²) in [6, 6.07) is 82.3. The number of hydrogen-bond donors (Lipinski definition) is 7. The molecule has 0 bridgehead atoms. The molecule has 6 aromatic heterocycles. The Morgan fingerprint density at radius 3 is 1.50 bits per heavy atom. The molecule has 4 amide bonds. The predicted molar refractivity (Wildman–Crippen MR) is 575 cm³/mol. The zero-order valence-corrected chi connectivity index (χ0v) is 85.8. The third kappa shape index (κ3) is 21.6. The molecule has 1 aliphatic carbocycles. The van der Waals surface area contributed by atoms with Gasteiger partial charge in [-0.05, 0) is 262 Å². The molecule has 0 saturated heterocycles. The van der Waals surface area contributed by atoms with Crippen molar-refractivity contribution in [2.45, 2.75) is 154 Å². The monoisotopic (exact) mass is 2070 g/mol. The molecule has 17 aromatic rings. The first kappa shape index (κ1) is 99.0. The number of ether oxygens (including phenoxy) is 4. The second kappa shape index (κ2) is 43.8. The maximum absolute atomic E-state index is 14.3. The number of methoxy groups -OCH3 is 1. The van der Waals surface area contributed by atoms with E-state index in [0.29, 0.717) is 83.3 Å². The molecule has 6 aliphatic rings. The van der Waals surface area contributed by atoms with Gasteiger partial charge in [0.1, 0.15) is 41.3 Å². The van der Waals surface area contributed by atoms with E-state index >= 15 is 0 Å². The van der Waals surface area contributed by atoms with E-state index in [9.17, 15) is 24.0 Å². The second-order valence-electron chi connectivity index (χ2n) is 38.1. The van der Waals surface area contributed by atoms with Crippen molar-refractivity contribution < 1.29 is 42.5 Å². The van der Waals surface area contributed by atoms with E-state index in [1.165, 1.54) is 87.5 Å². The van der Waals surface area contributed by atoms with Crippen LogP contribution in [0.2, 0.25) is 25.1 Å². The highest BCUT2D eigenvalue weighted by Gasteiger charge is 2.43. The van der Waals surface area contributed by atoms with Crippen LogP contribution in [0.15, 0.2) is 275 Å². The van der Waals surface area contributed by atoms with Gasteiger partial charge in [0.25, 0.3) is 0 Å². The average Bonchev–Trinajstić information content (AvgIpc) is 1.34. The van der Waals surface area contributed by atoms with Crippen LogP contribution in [0.25, 0.3) is 65.5 Å². The van der Waals surface area contributed by atoms with Crippen LogP contribution in [-0.2, 0) is 64.1 Å². The number of carbonyl (C=O) groups is 4. The van der Waals surface area contributed by atoms with E-state index in [1.54, 1.807) is 58.1 Å². The number of rotatable bonds is 14. The quantitative estimate of drug-likeness (QED) is 0.0502. The average molecular weight is 2080 g/mol. The Labute approximate surface area is 863 Å². The molecule has 7 N–H and O–H groups in total. The van der Waals surface area contributed by atoms with Gasteiger partial charge in [-0.2, -0.15) is 0 Å². The molecule has 27 heteroatoms. The fraction of sp³-hybridized carbons (Fsp3) is 0.284. The van der Waals surface area contributed by atoms with Crippen molar-refractivity contribution in [1.82, 2.24) is 55.2 Å². The van der Waals surface area contributed by atoms with Gasteiger partial charge in [0.05, 0.1) is 49.4 Å². The number of halogens is 6. The fourth-order valence-corrected chi connectivity index (χ4v) is 23.2. The summed E-state index contributed by atoms with van der Waals surface area (Å²) in [6.45, 7) is 14.4. The summed E-state index contributed by atoms with van der Waals surface area (Å²) in [6.07, 6.45) is 11.8. The van der Waals surface area contributed by atoms with Crippen molar-refractivity contribution in [3.05, 3.63) is 391 Å². The lowest BCUT2D eigenvalue weighted by Gasteiger charge is -2.42. The van der Waals surface area contributed by atoms with Crippen molar-refractivity contribution >= 4 is 164 Å². The molecule has 0 spiro atoms. The van der Waals surface area contributed by atoms with E-state index in [2.05, 4.69) is 123 Å². The Kier molecular flexibility index (Phi) is 30.3. The molecule has 11 aromatic carbocycles. The molecule has 1 saturated carbocycles. The van der Waals surface area contributed by atoms with Gasteiger partial charge < -0.3 is 63.8 Å². The Hall–Kier alpha value is -12.7. The van der Waals surface area contributed by atoms with Gasteiger partial charge in [0, 0.05) is 158 Å². The molecule has 1 fully saturated rings. The summed E-state index contributed by atoms with van der Waals surface area (Å²) in [7, 11) is 1.65. The van der Waals surface area contributed by atoms with Crippen LogP contribution in [0.1, 0.15) is 187 Å². The summed E-state index contributed by atoms with van der Waals surface area (Å²) in [4.78, 5) is 91.4. The van der Waals surface area contributed by atoms with Gasteiger partial charge in [-0.25, -0.2) is 14.4 Å². The molecule has 0 radical (unpaired) electrons. The van der Waals surface area contributed by atoms with Crippen molar-refractivity contribution in [2.75, 3.05) is 53.0 Å². The lowest BCUT2D eigenvalue weighted by molar-refractivity contribution is -0.135. The van der Waals surface area contributed by atoms with Crippen LogP contribution < -0.4 is 20.8 Å². The minimum absolute atomic E-state index is 0.00360. The number of aromatic nitrogens is 5. The van der Waals surface area contributed by atoms with Gasteiger partial charge in [0.2, 0.25) is 5.91 Å². The summed E-state index contributed by atoms with van der Waals surface area (Å²) >= 11 is 34.9. The number of benzene rings is 11. The van der Waals surface area contributed by atoms with E-state index in [4.69, 9.17) is 81.4 Å². The molecule has 5 unspecified atom stereocenters. The predicted octanol–water partition coefficient (Wildman–Crippen LogP) is 27.7. The first-order chi connectivity index (χ1) is 69.4. The first-order valence-electron chi connectivity index (χ1n) is 49.1. The minimum Gasteiger partial charge on any atom is -0.497 e. The van der Waals surface area contributed by atoms with Crippen LogP contribution in [-0.4, -0.2) is 133 Å². The topological polar surface area (TPSA) is 251 Å². The van der Waals surface area contributed by atoms with Gasteiger partial charge in [-0.15, -0.1) is 0 Å². The van der Waals surface area contributed by atoms with E-state index in [-0.39, 0.29) is 47.7 Å². The number of fused-ring (bicyclic) bond motifs is 16. The largest absolute Gasteiger partial charge is 0.497 e. The summed E-state index contributed by atoms with van der Waals surface area (Å²) in [5.74, 6) is 1.39. The van der Waals surface area contributed by atoms with Crippen LogP contribution in [0.5, 0.6) is 5.75 Å². The minimum atomic E-state index is -0.793. The zero-order chi connectivity index (χ0) is 99.3. The fourth-order valence-electron chi connectivity index (χ4n) is 21.8. The first-order valence-corrected chi connectivity index (χ1v) is 51.8. The van der Waals surface area contributed by atoms with Gasteiger partial charge >= 0.3 is 18.3 Å². The van der Waals surface area contributed by atoms with E-state index < -0.39 is 17.7 Å². The number of carbonyl (C=O) groups excluding carboxylic acids is 4. The smallest absolute Gasteiger partial charge is 0.410 e. The van der Waals surface area contributed by atoms with Gasteiger partial charge in [-0.3, -0.25) is 24.3 Å². The third-order valence-electron chi connectivity index (χ3n) is 28.0. The number of nitrogens with zero attached hydrogens (tertiary/aromatic N) is 4. The maximum Gasteiger partial charge on any atom is 0.410 e. The molecule has 23 rings (SSSR count). The standard InChI is InChI=1S/C31H32ClN3O3.C24H27ClN2.C21H22N2O3.C20H17BrCl2N2O2.C20H15ClN2O2/c1-31(2,3)38-30(37)34-26(18-20-10-6-4-7-11-20)29(36)35-17-16-23-24-19-22(32)14-15-25(24)33-27(23)28(35)21-12-8-5-9-13-21;25-19-11-12-22-21(15-19)20-13-14-27(16-17-7-3-1-4-8-17)24(23(20)26-22)18-9-5-2-6-10-18;1-3-26-21(24)23-13-12-17-16-6-4-5-7-18(16)22-19(17)20(23)14-8-10-15(25-2)11-9-14;1-2-27-20(26)25-6-5-15-16-9-12(21)3-4-17(16)24-18(15)19(25)11-7-13(22)10-14(23)8-11;21-11-5-6-16-14(9-11)12-7-8-22-18(19(12)23-16)15-10-25-17-4-2-1-3-13(17)20(15)24/h4-15,19,26,28,33H,16-18H2,1-3H3,(H,34,37);1,3-4,7-8,11-12,15,18,24,26H,2,5-6,9-10,13-14,16H2;4-11,20,22H,3,12-13H2,1-2H3;3-4,7-10,19,24H,2,5-6H2,1H3;1-6,9-10,18,22-23H,7-8H2/t26-,28?;;;;/m0..../s1. The lowest BCUT2D eigenvalue weighted by atomic mass is 9.79. The number of amides is 4. The summed E-state index contributed by atoms with van der Waals surface area (Å²) in [5.41, 5.74) is 23.1.